The van der Waals surface area contributed by atoms with Gasteiger partial charge in [-0.25, -0.2) is 0 Å². The second-order valence-corrected chi connectivity index (χ2v) is 5.57. The molecule has 0 aliphatic carbocycles. The average Bonchev–Trinajstić information content (AvgIpc) is 2.83. The van der Waals surface area contributed by atoms with Gasteiger partial charge in [-0.3, -0.25) is 9.89 Å². The van der Waals surface area contributed by atoms with Crippen molar-refractivity contribution in [2.24, 2.45) is 5.92 Å². The van der Waals surface area contributed by atoms with Crippen LogP contribution in [0.2, 0.25) is 0 Å². The zero-order valence-electron chi connectivity index (χ0n) is 12.0. The van der Waals surface area contributed by atoms with E-state index in [2.05, 4.69) is 31.0 Å². The molecule has 1 aromatic heterocycles. The third kappa shape index (κ3) is 2.95. The number of carbonyl (C=O) groups excluding carboxylic acids is 1. The Morgan fingerprint density at radius 3 is 2.79 bits per heavy atom. The third-order valence-electron chi connectivity index (χ3n) is 3.48. The van der Waals surface area contributed by atoms with Crippen molar-refractivity contribution in [1.82, 2.24) is 15.1 Å². The van der Waals surface area contributed by atoms with Crippen LogP contribution in [0.1, 0.15) is 37.6 Å². The Kier molecular flexibility index (Phi) is 3.88. The van der Waals surface area contributed by atoms with E-state index >= 15 is 0 Å². The van der Waals surface area contributed by atoms with Crippen molar-refractivity contribution in [3.63, 3.8) is 0 Å². The van der Waals surface area contributed by atoms with Gasteiger partial charge in [0, 0.05) is 24.0 Å². The fourth-order valence-electron chi connectivity index (χ4n) is 2.31. The zero-order valence-corrected chi connectivity index (χ0v) is 12.0. The number of hydrogen-bond donors (Lipinski definition) is 1. The average molecular weight is 259 g/mol. The van der Waals surface area contributed by atoms with Crippen LogP contribution in [0.25, 0.3) is 10.9 Å². The van der Waals surface area contributed by atoms with E-state index in [9.17, 15) is 4.79 Å². The number of fused-ring (bicyclic) bond motifs is 1. The molecule has 0 aliphatic rings. The highest BCUT2D eigenvalue weighted by atomic mass is 16.2. The van der Waals surface area contributed by atoms with Gasteiger partial charge in [0.05, 0.1) is 11.7 Å². The summed E-state index contributed by atoms with van der Waals surface area (Å²) in [6.07, 6.45) is 2.77. The summed E-state index contributed by atoms with van der Waals surface area (Å²) in [7, 11) is 1.87. The lowest BCUT2D eigenvalue weighted by Gasteiger charge is -2.26. The molecular formula is C15H21N3O. The minimum atomic E-state index is 0.0599. The lowest BCUT2D eigenvalue weighted by atomic mass is 10.0. The number of amides is 1. The molecule has 0 bridgehead atoms. The number of aromatic nitrogens is 2. The molecule has 0 radical (unpaired) electrons. The number of rotatable bonds is 4. The molecule has 0 aliphatic heterocycles. The van der Waals surface area contributed by atoms with Crippen molar-refractivity contribution in [2.75, 3.05) is 7.05 Å². The number of nitrogens with one attached hydrogen (secondary N) is 1. The summed E-state index contributed by atoms with van der Waals surface area (Å²) in [4.78, 5) is 14.2. The van der Waals surface area contributed by atoms with Crippen molar-refractivity contribution in [1.29, 1.82) is 0 Å². The van der Waals surface area contributed by atoms with E-state index in [1.165, 1.54) is 0 Å². The molecule has 0 spiro atoms. The summed E-state index contributed by atoms with van der Waals surface area (Å²) in [5, 5.41) is 7.89. The molecule has 0 saturated carbocycles. The van der Waals surface area contributed by atoms with E-state index in [1.54, 1.807) is 6.20 Å². The fraction of sp³-hybridized carbons (Fsp3) is 0.467. The third-order valence-corrected chi connectivity index (χ3v) is 3.48. The van der Waals surface area contributed by atoms with Gasteiger partial charge in [-0.15, -0.1) is 0 Å². The van der Waals surface area contributed by atoms with Crippen molar-refractivity contribution in [3.8, 4) is 0 Å². The molecule has 1 N–H and O–H groups in total. The van der Waals surface area contributed by atoms with Gasteiger partial charge < -0.3 is 4.90 Å². The van der Waals surface area contributed by atoms with Gasteiger partial charge in [0.1, 0.15) is 0 Å². The van der Waals surface area contributed by atoms with Crippen LogP contribution in [-0.2, 0) is 0 Å². The number of hydrogen-bond acceptors (Lipinski definition) is 2. The van der Waals surface area contributed by atoms with Gasteiger partial charge >= 0.3 is 0 Å². The van der Waals surface area contributed by atoms with Gasteiger partial charge in [-0.2, -0.15) is 5.10 Å². The molecule has 2 rings (SSSR count). The molecule has 1 atom stereocenters. The topological polar surface area (TPSA) is 49.0 Å². The van der Waals surface area contributed by atoms with Crippen LogP contribution >= 0.6 is 0 Å². The van der Waals surface area contributed by atoms with Gasteiger partial charge in [0.25, 0.3) is 5.91 Å². The molecular weight excluding hydrogens is 238 g/mol. The largest absolute Gasteiger partial charge is 0.339 e. The van der Waals surface area contributed by atoms with Gasteiger partial charge in [0.2, 0.25) is 0 Å². The predicted molar refractivity (Wildman–Crippen MR) is 77.1 cm³/mol. The number of carbonyl (C=O) groups is 1. The van der Waals surface area contributed by atoms with Crippen molar-refractivity contribution in [2.45, 2.75) is 33.2 Å². The number of nitrogens with zero attached hydrogens (tertiary/aromatic N) is 2. The summed E-state index contributed by atoms with van der Waals surface area (Å²) in [5.41, 5.74) is 1.60. The lowest BCUT2D eigenvalue weighted by Crippen LogP contribution is -2.35. The molecule has 4 nitrogen and oxygen atoms in total. The highest BCUT2D eigenvalue weighted by Crippen LogP contribution is 2.17. The van der Waals surface area contributed by atoms with Crippen LogP contribution < -0.4 is 0 Å². The van der Waals surface area contributed by atoms with E-state index in [0.717, 1.165) is 17.3 Å². The first-order valence-corrected chi connectivity index (χ1v) is 6.69. The Labute approximate surface area is 113 Å². The molecule has 1 aromatic carbocycles. The minimum absolute atomic E-state index is 0.0599. The van der Waals surface area contributed by atoms with Crippen LogP contribution in [0.5, 0.6) is 0 Å². The smallest absolute Gasteiger partial charge is 0.253 e. The quantitative estimate of drug-likeness (QED) is 0.917. The van der Waals surface area contributed by atoms with Crippen molar-refractivity contribution in [3.05, 3.63) is 30.0 Å². The molecule has 4 heteroatoms. The van der Waals surface area contributed by atoms with Crippen molar-refractivity contribution < 1.29 is 4.79 Å². The van der Waals surface area contributed by atoms with E-state index < -0.39 is 0 Å². The van der Waals surface area contributed by atoms with E-state index in [0.29, 0.717) is 11.5 Å². The lowest BCUT2D eigenvalue weighted by molar-refractivity contribution is 0.0728. The first-order chi connectivity index (χ1) is 8.99. The highest BCUT2D eigenvalue weighted by molar-refractivity contribution is 5.97. The van der Waals surface area contributed by atoms with Crippen LogP contribution in [-0.4, -0.2) is 34.1 Å². The maximum absolute atomic E-state index is 12.4. The standard InChI is InChI=1S/C15H21N3O/c1-10(2)7-11(3)18(4)15(19)12-5-6-13-9-16-17-14(13)8-12/h5-6,8-11H,7H2,1-4H3,(H,16,17). The second-order valence-electron chi connectivity index (χ2n) is 5.57. The monoisotopic (exact) mass is 259 g/mol. The molecule has 0 saturated heterocycles. The summed E-state index contributed by atoms with van der Waals surface area (Å²) in [5.74, 6) is 0.644. The summed E-state index contributed by atoms with van der Waals surface area (Å²) in [6, 6.07) is 5.89. The summed E-state index contributed by atoms with van der Waals surface area (Å²) in [6.45, 7) is 6.43. The summed E-state index contributed by atoms with van der Waals surface area (Å²) < 4.78 is 0. The molecule has 1 amide bonds. The van der Waals surface area contributed by atoms with Gasteiger partial charge in [-0.1, -0.05) is 19.9 Å². The van der Waals surface area contributed by atoms with Crippen LogP contribution in [0, 0.1) is 5.92 Å². The Hall–Kier alpha value is -1.84. The van der Waals surface area contributed by atoms with Crippen molar-refractivity contribution >= 4 is 16.8 Å². The number of benzene rings is 1. The number of H-pyrrole nitrogens is 1. The van der Waals surface area contributed by atoms with Crippen LogP contribution in [0.15, 0.2) is 24.4 Å². The molecule has 1 unspecified atom stereocenters. The van der Waals surface area contributed by atoms with Gasteiger partial charge in [0.15, 0.2) is 0 Å². The molecule has 102 valence electrons. The molecule has 2 aromatic rings. The number of aromatic amines is 1. The Morgan fingerprint density at radius 1 is 1.37 bits per heavy atom. The Balaban J connectivity index is 2.18. The van der Waals surface area contributed by atoms with E-state index in [4.69, 9.17) is 0 Å². The minimum Gasteiger partial charge on any atom is -0.339 e. The van der Waals surface area contributed by atoms with E-state index in [1.807, 2.05) is 30.1 Å². The fourth-order valence-corrected chi connectivity index (χ4v) is 2.31. The normalized spacial score (nSPS) is 12.9. The van der Waals surface area contributed by atoms with Crippen LogP contribution in [0.3, 0.4) is 0 Å². The maximum atomic E-state index is 12.4. The Bertz CT molecular complexity index is 574. The van der Waals surface area contributed by atoms with Gasteiger partial charge in [-0.05, 0) is 31.4 Å². The summed E-state index contributed by atoms with van der Waals surface area (Å²) >= 11 is 0. The first-order valence-electron chi connectivity index (χ1n) is 6.69. The van der Waals surface area contributed by atoms with E-state index in [-0.39, 0.29) is 11.9 Å². The molecule has 1 heterocycles. The Morgan fingerprint density at radius 2 is 2.11 bits per heavy atom. The van der Waals surface area contributed by atoms with Crippen LogP contribution in [0.4, 0.5) is 0 Å². The molecule has 19 heavy (non-hydrogen) atoms. The first kappa shape index (κ1) is 13.6. The predicted octanol–water partition coefficient (Wildman–Crippen LogP) is 3.07. The molecule has 0 fully saturated rings. The second kappa shape index (κ2) is 5.43. The zero-order chi connectivity index (χ0) is 14.0. The SMILES string of the molecule is CC(C)CC(C)N(C)C(=O)c1ccc2cn[nH]c2c1. The highest BCUT2D eigenvalue weighted by Gasteiger charge is 2.18. The maximum Gasteiger partial charge on any atom is 0.253 e.